The molecule has 0 unspecified atom stereocenters. The molecule has 0 amide bonds. The van der Waals surface area contributed by atoms with Gasteiger partial charge in [-0.15, -0.1) is 0 Å². The number of rotatable bonds is 4. The highest BCUT2D eigenvalue weighted by molar-refractivity contribution is 7.07. The van der Waals surface area contributed by atoms with Crippen LogP contribution < -0.4 is 5.32 Å². The van der Waals surface area contributed by atoms with E-state index in [9.17, 15) is 0 Å². The van der Waals surface area contributed by atoms with E-state index in [1.807, 2.05) is 0 Å². The van der Waals surface area contributed by atoms with Crippen molar-refractivity contribution in [1.82, 2.24) is 10.2 Å². The van der Waals surface area contributed by atoms with Crippen molar-refractivity contribution in [2.45, 2.75) is 44.3 Å². The SMILES string of the molecule is c1ccc2c(c1)CC(N1CCC[C@@H](NCc3ccsc3)C1)C2. The van der Waals surface area contributed by atoms with Gasteiger partial charge in [-0.05, 0) is 65.7 Å². The summed E-state index contributed by atoms with van der Waals surface area (Å²) in [6.07, 6.45) is 5.13. The van der Waals surface area contributed by atoms with Crippen LogP contribution in [0.1, 0.15) is 29.5 Å². The molecule has 1 fully saturated rings. The molecular weight excluding hydrogens is 288 g/mol. The molecule has 1 N–H and O–H groups in total. The maximum atomic E-state index is 3.76. The van der Waals surface area contributed by atoms with Gasteiger partial charge in [0.05, 0.1) is 0 Å². The molecular formula is C19H24N2S. The number of likely N-dealkylation sites (tertiary alicyclic amines) is 1. The molecule has 4 rings (SSSR count). The molecule has 22 heavy (non-hydrogen) atoms. The topological polar surface area (TPSA) is 15.3 Å². The van der Waals surface area contributed by atoms with Gasteiger partial charge in [0.1, 0.15) is 0 Å². The summed E-state index contributed by atoms with van der Waals surface area (Å²) in [5.41, 5.74) is 4.57. The van der Waals surface area contributed by atoms with Crippen LogP contribution in [0.2, 0.25) is 0 Å². The van der Waals surface area contributed by atoms with Crippen LogP contribution in [-0.4, -0.2) is 30.1 Å². The zero-order valence-corrected chi connectivity index (χ0v) is 13.8. The number of fused-ring (bicyclic) bond motifs is 1. The molecule has 2 nitrogen and oxygen atoms in total. The molecule has 0 spiro atoms. The quantitative estimate of drug-likeness (QED) is 0.930. The Kier molecular flexibility index (Phi) is 4.28. The normalized spacial score (nSPS) is 22.8. The summed E-state index contributed by atoms with van der Waals surface area (Å²) in [4.78, 5) is 2.73. The lowest BCUT2D eigenvalue weighted by Crippen LogP contribution is -2.49. The van der Waals surface area contributed by atoms with E-state index >= 15 is 0 Å². The van der Waals surface area contributed by atoms with Crippen molar-refractivity contribution >= 4 is 11.3 Å². The van der Waals surface area contributed by atoms with E-state index in [0.29, 0.717) is 6.04 Å². The fraction of sp³-hybridized carbons (Fsp3) is 0.474. The first-order chi connectivity index (χ1) is 10.9. The smallest absolute Gasteiger partial charge is 0.0216 e. The average molecular weight is 312 g/mol. The van der Waals surface area contributed by atoms with Crippen molar-refractivity contribution in [2.75, 3.05) is 13.1 Å². The highest BCUT2D eigenvalue weighted by Crippen LogP contribution is 2.27. The highest BCUT2D eigenvalue weighted by Gasteiger charge is 2.30. The summed E-state index contributed by atoms with van der Waals surface area (Å²) < 4.78 is 0. The minimum Gasteiger partial charge on any atom is -0.309 e. The molecule has 2 aliphatic rings. The van der Waals surface area contributed by atoms with E-state index in [0.717, 1.165) is 12.6 Å². The third-order valence-corrected chi connectivity index (χ3v) is 5.91. The standard InChI is InChI=1S/C19H24N2S/c1-2-5-17-11-19(10-16(17)4-1)21-8-3-6-18(13-21)20-12-15-7-9-22-14-15/h1-2,4-5,7,9,14,18-20H,3,6,8,10-13H2/t18-/m1/s1. The molecule has 0 bridgehead atoms. The molecule has 1 saturated heterocycles. The maximum absolute atomic E-state index is 3.76. The Labute approximate surface area is 137 Å². The second kappa shape index (κ2) is 6.53. The first kappa shape index (κ1) is 14.4. The number of piperidine rings is 1. The van der Waals surface area contributed by atoms with Gasteiger partial charge in [-0.2, -0.15) is 11.3 Å². The van der Waals surface area contributed by atoms with Gasteiger partial charge in [-0.3, -0.25) is 4.90 Å². The molecule has 1 atom stereocenters. The van der Waals surface area contributed by atoms with Crippen LogP contribution in [0, 0.1) is 0 Å². The molecule has 1 aliphatic heterocycles. The summed E-state index contributed by atoms with van der Waals surface area (Å²) in [5.74, 6) is 0. The van der Waals surface area contributed by atoms with Crippen LogP contribution in [0.25, 0.3) is 0 Å². The molecule has 0 radical (unpaired) electrons. The number of hydrogen-bond donors (Lipinski definition) is 1. The fourth-order valence-electron chi connectivity index (χ4n) is 3.95. The number of hydrogen-bond acceptors (Lipinski definition) is 3. The number of nitrogens with zero attached hydrogens (tertiary/aromatic N) is 1. The van der Waals surface area contributed by atoms with Gasteiger partial charge in [0.15, 0.2) is 0 Å². The summed E-state index contributed by atoms with van der Waals surface area (Å²) in [5, 5.41) is 8.18. The van der Waals surface area contributed by atoms with Crippen molar-refractivity contribution in [3.63, 3.8) is 0 Å². The van der Waals surface area contributed by atoms with Gasteiger partial charge in [0.2, 0.25) is 0 Å². The van der Waals surface area contributed by atoms with Crippen LogP contribution in [0.3, 0.4) is 0 Å². The maximum Gasteiger partial charge on any atom is 0.0216 e. The van der Waals surface area contributed by atoms with E-state index in [-0.39, 0.29) is 0 Å². The Bertz CT molecular complexity index is 583. The monoisotopic (exact) mass is 312 g/mol. The molecule has 2 heterocycles. The summed E-state index contributed by atoms with van der Waals surface area (Å²) >= 11 is 1.79. The molecule has 3 heteroatoms. The second-order valence-electron chi connectivity index (χ2n) is 6.68. The lowest BCUT2D eigenvalue weighted by atomic mass is 10.0. The van der Waals surface area contributed by atoms with E-state index in [1.165, 1.54) is 44.3 Å². The second-order valence-corrected chi connectivity index (χ2v) is 7.46. The zero-order valence-electron chi connectivity index (χ0n) is 13.0. The zero-order chi connectivity index (χ0) is 14.8. The first-order valence-electron chi connectivity index (χ1n) is 8.44. The third-order valence-electron chi connectivity index (χ3n) is 5.17. The number of benzene rings is 1. The van der Waals surface area contributed by atoms with Crippen molar-refractivity contribution in [1.29, 1.82) is 0 Å². The predicted molar refractivity (Wildman–Crippen MR) is 93.4 cm³/mol. The largest absolute Gasteiger partial charge is 0.309 e. The lowest BCUT2D eigenvalue weighted by molar-refractivity contribution is 0.140. The Morgan fingerprint density at radius 1 is 1.14 bits per heavy atom. The highest BCUT2D eigenvalue weighted by atomic mass is 32.1. The Morgan fingerprint density at radius 3 is 2.68 bits per heavy atom. The van der Waals surface area contributed by atoms with E-state index in [1.54, 1.807) is 22.5 Å². The van der Waals surface area contributed by atoms with Gasteiger partial charge < -0.3 is 5.32 Å². The average Bonchev–Trinajstić information content (AvgIpc) is 3.22. The van der Waals surface area contributed by atoms with Crippen molar-refractivity contribution in [3.8, 4) is 0 Å². The van der Waals surface area contributed by atoms with Crippen molar-refractivity contribution in [2.24, 2.45) is 0 Å². The van der Waals surface area contributed by atoms with Gasteiger partial charge in [-0.1, -0.05) is 24.3 Å². The molecule has 116 valence electrons. The number of nitrogens with one attached hydrogen (secondary N) is 1. The molecule has 2 aromatic rings. The number of thiophene rings is 1. The molecule has 0 saturated carbocycles. The minimum absolute atomic E-state index is 0.650. The Morgan fingerprint density at radius 2 is 1.95 bits per heavy atom. The first-order valence-corrected chi connectivity index (χ1v) is 9.38. The fourth-order valence-corrected chi connectivity index (χ4v) is 4.62. The van der Waals surface area contributed by atoms with Crippen molar-refractivity contribution in [3.05, 3.63) is 57.8 Å². The third kappa shape index (κ3) is 3.12. The van der Waals surface area contributed by atoms with Crippen LogP contribution >= 0.6 is 11.3 Å². The van der Waals surface area contributed by atoms with Crippen LogP contribution in [0.5, 0.6) is 0 Å². The van der Waals surface area contributed by atoms with Crippen LogP contribution in [0.15, 0.2) is 41.1 Å². The summed E-state index contributed by atoms with van der Waals surface area (Å²) in [6.45, 7) is 3.50. The summed E-state index contributed by atoms with van der Waals surface area (Å²) in [7, 11) is 0. The van der Waals surface area contributed by atoms with E-state index < -0.39 is 0 Å². The Hall–Kier alpha value is -1.16. The predicted octanol–water partition coefficient (Wildman–Crippen LogP) is 3.47. The Balaban J connectivity index is 1.34. The lowest BCUT2D eigenvalue weighted by Gasteiger charge is -2.37. The van der Waals surface area contributed by atoms with Crippen molar-refractivity contribution < 1.29 is 0 Å². The van der Waals surface area contributed by atoms with Gasteiger partial charge >= 0.3 is 0 Å². The van der Waals surface area contributed by atoms with Gasteiger partial charge in [0.25, 0.3) is 0 Å². The van der Waals surface area contributed by atoms with Gasteiger partial charge in [0, 0.05) is 25.2 Å². The molecule has 1 aromatic carbocycles. The van der Waals surface area contributed by atoms with E-state index in [2.05, 4.69) is 51.3 Å². The molecule has 1 aromatic heterocycles. The van der Waals surface area contributed by atoms with Crippen LogP contribution in [-0.2, 0) is 19.4 Å². The van der Waals surface area contributed by atoms with E-state index in [4.69, 9.17) is 0 Å². The molecule has 1 aliphatic carbocycles. The minimum atomic E-state index is 0.650. The summed E-state index contributed by atoms with van der Waals surface area (Å²) in [6, 6.07) is 12.6. The van der Waals surface area contributed by atoms with Gasteiger partial charge in [-0.25, -0.2) is 0 Å². The van der Waals surface area contributed by atoms with Crippen LogP contribution in [0.4, 0.5) is 0 Å².